The number of rotatable bonds is 5. The van der Waals surface area contributed by atoms with E-state index in [1.54, 1.807) is 0 Å². The fourth-order valence-corrected chi connectivity index (χ4v) is 1.18. The van der Waals surface area contributed by atoms with Crippen LogP contribution < -0.4 is 5.48 Å². The van der Waals surface area contributed by atoms with E-state index in [1.807, 2.05) is 0 Å². The first-order valence-corrected chi connectivity index (χ1v) is 5.08. The Morgan fingerprint density at radius 1 is 1.36 bits per heavy atom. The summed E-state index contributed by atoms with van der Waals surface area (Å²) < 4.78 is 0. The maximum Gasteiger partial charge on any atom is 0.0705 e. The van der Waals surface area contributed by atoms with E-state index in [0.29, 0.717) is 5.92 Å². The fourth-order valence-electron chi connectivity index (χ4n) is 1.18. The third-order valence-electron chi connectivity index (χ3n) is 1.88. The summed E-state index contributed by atoms with van der Waals surface area (Å²) in [6, 6.07) is 8.41. The molecule has 0 bridgehead atoms. The third-order valence-corrected chi connectivity index (χ3v) is 1.88. The van der Waals surface area contributed by atoms with Crippen molar-refractivity contribution in [3.05, 3.63) is 35.4 Å². The highest BCUT2D eigenvalue weighted by Crippen LogP contribution is 2.03. The smallest absolute Gasteiger partial charge is 0.0705 e. The third kappa shape index (κ3) is 4.40. The molecule has 0 amide bonds. The van der Waals surface area contributed by atoms with Crippen LogP contribution in [-0.2, 0) is 11.4 Å². The average Bonchev–Trinajstić information content (AvgIpc) is 2.12. The predicted octanol–water partition coefficient (Wildman–Crippen LogP) is 2.67. The Hall–Kier alpha value is -0.860. The summed E-state index contributed by atoms with van der Waals surface area (Å²) in [7, 11) is 0. The Kier molecular flexibility index (Phi) is 4.63. The molecule has 0 radical (unpaired) electrons. The monoisotopic (exact) mass is 193 g/mol. The molecule has 1 aromatic rings. The first-order valence-electron chi connectivity index (χ1n) is 5.08. The van der Waals surface area contributed by atoms with E-state index in [-0.39, 0.29) is 0 Å². The van der Waals surface area contributed by atoms with Crippen molar-refractivity contribution in [1.82, 2.24) is 5.48 Å². The molecule has 0 heterocycles. The van der Waals surface area contributed by atoms with Crippen LogP contribution in [0.3, 0.4) is 0 Å². The number of benzene rings is 1. The van der Waals surface area contributed by atoms with Gasteiger partial charge in [0, 0.05) is 6.54 Å². The molecule has 0 aliphatic rings. The van der Waals surface area contributed by atoms with Crippen LogP contribution in [0.25, 0.3) is 0 Å². The highest BCUT2D eigenvalue weighted by atomic mass is 16.6. The van der Waals surface area contributed by atoms with Gasteiger partial charge in [0.1, 0.15) is 0 Å². The number of nitrogens with one attached hydrogen (secondary N) is 1. The van der Waals surface area contributed by atoms with Gasteiger partial charge in [0.15, 0.2) is 0 Å². The minimum absolute atomic E-state index is 0.569. The molecule has 0 aromatic heterocycles. The Balaban J connectivity index is 2.25. The van der Waals surface area contributed by atoms with Crippen molar-refractivity contribution in [3.8, 4) is 0 Å². The molecule has 1 rings (SSSR count). The molecule has 0 saturated heterocycles. The van der Waals surface area contributed by atoms with E-state index >= 15 is 0 Å². The average molecular weight is 193 g/mol. The first-order chi connectivity index (χ1) is 6.68. The van der Waals surface area contributed by atoms with Crippen molar-refractivity contribution in [2.24, 2.45) is 5.92 Å². The molecular weight excluding hydrogens is 174 g/mol. The van der Waals surface area contributed by atoms with Crippen molar-refractivity contribution in [2.45, 2.75) is 27.3 Å². The largest absolute Gasteiger partial charge is 0.301 e. The number of aryl methyl sites for hydroxylation is 1. The molecule has 0 spiro atoms. The number of hydrogen-bond acceptors (Lipinski definition) is 2. The van der Waals surface area contributed by atoms with Crippen molar-refractivity contribution in [3.63, 3.8) is 0 Å². The minimum Gasteiger partial charge on any atom is -0.301 e. The Morgan fingerprint density at radius 3 is 2.79 bits per heavy atom. The zero-order chi connectivity index (χ0) is 10.4. The molecule has 2 heteroatoms. The molecule has 0 aliphatic heterocycles. The molecule has 0 unspecified atom stereocenters. The van der Waals surface area contributed by atoms with E-state index in [0.717, 1.165) is 13.2 Å². The van der Waals surface area contributed by atoms with E-state index in [2.05, 4.69) is 50.5 Å². The lowest BCUT2D eigenvalue weighted by Crippen LogP contribution is -2.17. The molecule has 1 N–H and O–H groups in total. The van der Waals surface area contributed by atoms with Crippen molar-refractivity contribution in [1.29, 1.82) is 0 Å². The summed E-state index contributed by atoms with van der Waals surface area (Å²) in [5.74, 6) is 0.569. The van der Waals surface area contributed by atoms with Crippen LogP contribution in [0.1, 0.15) is 25.0 Å². The molecule has 78 valence electrons. The van der Waals surface area contributed by atoms with Gasteiger partial charge in [-0.3, -0.25) is 0 Å². The van der Waals surface area contributed by atoms with Gasteiger partial charge in [0.2, 0.25) is 0 Å². The van der Waals surface area contributed by atoms with Gasteiger partial charge in [-0.15, -0.1) is 0 Å². The summed E-state index contributed by atoms with van der Waals surface area (Å²) in [6.45, 7) is 7.89. The van der Waals surface area contributed by atoms with Crippen molar-refractivity contribution >= 4 is 0 Å². The van der Waals surface area contributed by atoms with Gasteiger partial charge in [0.25, 0.3) is 0 Å². The SMILES string of the molecule is Cc1cccc(CNOCC(C)C)c1. The molecule has 2 nitrogen and oxygen atoms in total. The van der Waals surface area contributed by atoms with Gasteiger partial charge < -0.3 is 4.84 Å². The highest BCUT2D eigenvalue weighted by Gasteiger charge is 1.95. The Morgan fingerprint density at radius 2 is 2.14 bits per heavy atom. The lowest BCUT2D eigenvalue weighted by Gasteiger charge is -2.08. The number of hydrogen-bond donors (Lipinski definition) is 1. The van der Waals surface area contributed by atoms with Crippen LogP contribution in [0.5, 0.6) is 0 Å². The highest BCUT2D eigenvalue weighted by molar-refractivity contribution is 5.21. The molecule has 0 saturated carbocycles. The minimum atomic E-state index is 0.569. The zero-order valence-corrected chi connectivity index (χ0v) is 9.21. The van der Waals surface area contributed by atoms with E-state index in [9.17, 15) is 0 Å². The second kappa shape index (κ2) is 5.78. The van der Waals surface area contributed by atoms with Gasteiger partial charge in [-0.25, -0.2) is 0 Å². The van der Waals surface area contributed by atoms with Gasteiger partial charge in [0.05, 0.1) is 6.61 Å². The zero-order valence-electron chi connectivity index (χ0n) is 9.21. The second-order valence-electron chi connectivity index (χ2n) is 4.02. The molecule has 14 heavy (non-hydrogen) atoms. The summed E-state index contributed by atoms with van der Waals surface area (Å²) in [4.78, 5) is 5.29. The van der Waals surface area contributed by atoms with Crippen molar-refractivity contribution < 1.29 is 4.84 Å². The lowest BCUT2D eigenvalue weighted by atomic mass is 10.1. The van der Waals surface area contributed by atoms with Crippen LogP contribution in [0.2, 0.25) is 0 Å². The van der Waals surface area contributed by atoms with Gasteiger partial charge >= 0.3 is 0 Å². The summed E-state index contributed by atoms with van der Waals surface area (Å²) in [6.07, 6.45) is 0. The molecule has 0 aliphatic carbocycles. The summed E-state index contributed by atoms with van der Waals surface area (Å²) >= 11 is 0. The molecule has 1 aromatic carbocycles. The maximum atomic E-state index is 5.29. The summed E-state index contributed by atoms with van der Waals surface area (Å²) in [5.41, 5.74) is 5.50. The topological polar surface area (TPSA) is 21.3 Å². The van der Waals surface area contributed by atoms with E-state index in [1.165, 1.54) is 11.1 Å². The van der Waals surface area contributed by atoms with Gasteiger partial charge in [-0.2, -0.15) is 5.48 Å². The normalized spacial score (nSPS) is 10.9. The van der Waals surface area contributed by atoms with Gasteiger partial charge in [-0.05, 0) is 18.4 Å². The Bertz CT molecular complexity index is 271. The van der Waals surface area contributed by atoms with E-state index < -0.39 is 0 Å². The van der Waals surface area contributed by atoms with E-state index in [4.69, 9.17) is 4.84 Å². The molecule has 0 fully saturated rings. The molecular formula is C12H19NO. The second-order valence-corrected chi connectivity index (χ2v) is 4.02. The lowest BCUT2D eigenvalue weighted by molar-refractivity contribution is 0.0196. The van der Waals surface area contributed by atoms with Crippen LogP contribution in [0, 0.1) is 12.8 Å². The standard InChI is InChI=1S/C12H19NO/c1-10(2)9-14-13-8-12-6-4-5-11(3)7-12/h4-7,10,13H,8-9H2,1-3H3. The van der Waals surface area contributed by atoms with Crippen LogP contribution in [-0.4, -0.2) is 6.61 Å². The van der Waals surface area contributed by atoms with Crippen LogP contribution in [0.4, 0.5) is 0 Å². The first kappa shape index (κ1) is 11.2. The Labute approximate surface area is 86.2 Å². The number of hydroxylamine groups is 1. The maximum absolute atomic E-state index is 5.29. The molecule has 0 atom stereocenters. The quantitative estimate of drug-likeness (QED) is 0.573. The summed E-state index contributed by atoms with van der Waals surface area (Å²) in [5, 5.41) is 0. The van der Waals surface area contributed by atoms with Gasteiger partial charge in [-0.1, -0.05) is 43.7 Å². The fraction of sp³-hybridized carbons (Fsp3) is 0.500. The van der Waals surface area contributed by atoms with Crippen molar-refractivity contribution in [2.75, 3.05) is 6.61 Å². The van der Waals surface area contributed by atoms with Crippen LogP contribution in [0.15, 0.2) is 24.3 Å². The van der Waals surface area contributed by atoms with Crippen LogP contribution >= 0.6 is 0 Å². The predicted molar refractivity (Wildman–Crippen MR) is 58.8 cm³/mol.